The lowest BCUT2D eigenvalue weighted by Gasteiger charge is -2.35. The summed E-state index contributed by atoms with van der Waals surface area (Å²) in [6, 6.07) is 8.81. The first-order valence-corrected chi connectivity index (χ1v) is 11.3. The van der Waals surface area contributed by atoms with Crippen LogP contribution in [-0.4, -0.2) is 71.3 Å². The van der Waals surface area contributed by atoms with E-state index in [0.717, 1.165) is 39.3 Å². The average molecular weight is 379 g/mol. The van der Waals surface area contributed by atoms with E-state index in [2.05, 4.69) is 53.2 Å². The lowest BCUT2D eigenvalue weighted by atomic mass is 9.71. The first-order chi connectivity index (χ1) is 12.2. The van der Waals surface area contributed by atoms with Gasteiger partial charge in [0.1, 0.15) is 0 Å². The normalized spacial score (nSPS) is 32.9. The molecule has 0 amide bonds. The van der Waals surface area contributed by atoms with Crippen molar-refractivity contribution in [2.24, 2.45) is 10.8 Å². The van der Waals surface area contributed by atoms with Crippen molar-refractivity contribution in [1.29, 1.82) is 0 Å². The third kappa shape index (κ3) is 3.00. The summed E-state index contributed by atoms with van der Waals surface area (Å²) in [7, 11) is -3.07. The van der Waals surface area contributed by atoms with Crippen LogP contribution in [0.25, 0.3) is 0 Å². The van der Waals surface area contributed by atoms with Crippen molar-refractivity contribution in [1.82, 2.24) is 9.62 Å². The smallest absolute Gasteiger partial charge is 0.211 e. The zero-order chi connectivity index (χ0) is 18.6. The Hall–Kier alpha value is -1.31. The predicted octanol–water partition coefficient (Wildman–Crippen LogP) is 1.20. The molecule has 0 aromatic heterocycles. The number of fused-ring (bicyclic) bond motifs is 1. The van der Waals surface area contributed by atoms with E-state index in [1.807, 2.05) is 0 Å². The average Bonchev–Trinajstić information content (AvgIpc) is 3.02. The second-order valence-corrected chi connectivity index (χ2v) is 10.7. The molecule has 7 heteroatoms. The van der Waals surface area contributed by atoms with Crippen LogP contribution in [0.3, 0.4) is 0 Å². The lowest BCUT2D eigenvalue weighted by molar-refractivity contribution is 0.212. The third-order valence-electron chi connectivity index (χ3n) is 6.85. The predicted molar refractivity (Wildman–Crippen MR) is 106 cm³/mol. The van der Waals surface area contributed by atoms with Gasteiger partial charge < -0.3 is 15.1 Å². The Labute approximate surface area is 157 Å². The van der Waals surface area contributed by atoms with Gasteiger partial charge in [0.2, 0.25) is 10.0 Å². The van der Waals surface area contributed by atoms with E-state index in [0.29, 0.717) is 23.9 Å². The molecule has 144 valence electrons. The van der Waals surface area contributed by atoms with E-state index in [9.17, 15) is 8.42 Å². The summed E-state index contributed by atoms with van der Waals surface area (Å²) in [5, 5.41) is 3.56. The van der Waals surface area contributed by atoms with E-state index in [4.69, 9.17) is 0 Å². The first kappa shape index (κ1) is 18.1. The lowest BCUT2D eigenvalue weighted by Crippen LogP contribution is -2.48. The summed E-state index contributed by atoms with van der Waals surface area (Å²) < 4.78 is 24.9. The van der Waals surface area contributed by atoms with Gasteiger partial charge in [0.25, 0.3) is 0 Å². The summed E-state index contributed by atoms with van der Waals surface area (Å²) >= 11 is 0. The number of sulfonamides is 1. The highest BCUT2D eigenvalue weighted by molar-refractivity contribution is 7.88. The molecular weight excluding hydrogens is 348 g/mol. The monoisotopic (exact) mass is 378 g/mol. The zero-order valence-corrected chi connectivity index (χ0v) is 16.8. The molecule has 0 saturated carbocycles. The second kappa shape index (κ2) is 6.11. The molecule has 4 rings (SSSR count). The molecule has 0 radical (unpaired) electrons. The maximum atomic E-state index is 11.7. The number of anilines is 2. The van der Waals surface area contributed by atoms with Gasteiger partial charge >= 0.3 is 0 Å². The molecule has 0 spiro atoms. The van der Waals surface area contributed by atoms with Crippen LogP contribution in [0.2, 0.25) is 0 Å². The molecule has 0 unspecified atom stereocenters. The Bertz CT molecular complexity index is 755. The SMILES string of the molecule is C[C@@]12CNC[C@]1(C)CN(c1ccc(N3CCN(S(C)(=O)=O)CC3)cc1)C2. The number of nitrogens with one attached hydrogen (secondary N) is 1. The number of piperazine rings is 1. The summed E-state index contributed by atoms with van der Waals surface area (Å²) in [5.41, 5.74) is 3.15. The van der Waals surface area contributed by atoms with Gasteiger partial charge in [-0.3, -0.25) is 0 Å². The molecule has 0 bridgehead atoms. The molecule has 1 aromatic carbocycles. The molecule has 3 saturated heterocycles. The third-order valence-corrected chi connectivity index (χ3v) is 8.16. The van der Waals surface area contributed by atoms with Crippen LogP contribution in [0, 0.1) is 10.8 Å². The van der Waals surface area contributed by atoms with E-state index >= 15 is 0 Å². The topological polar surface area (TPSA) is 55.9 Å². The summed E-state index contributed by atoms with van der Waals surface area (Å²) in [4.78, 5) is 4.79. The Kier molecular flexibility index (Phi) is 4.24. The quantitative estimate of drug-likeness (QED) is 0.857. The fraction of sp³-hybridized carbons (Fsp3) is 0.684. The molecule has 26 heavy (non-hydrogen) atoms. The minimum atomic E-state index is -3.07. The molecule has 3 heterocycles. The number of rotatable bonds is 3. The van der Waals surface area contributed by atoms with Gasteiger partial charge in [-0.1, -0.05) is 13.8 Å². The Morgan fingerprint density at radius 2 is 1.31 bits per heavy atom. The van der Waals surface area contributed by atoms with Gasteiger partial charge in [0, 0.05) is 74.6 Å². The zero-order valence-electron chi connectivity index (χ0n) is 16.0. The highest BCUT2D eigenvalue weighted by Crippen LogP contribution is 2.49. The van der Waals surface area contributed by atoms with E-state index in [-0.39, 0.29) is 0 Å². The largest absolute Gasteiger partial charge is 0.370 e. The molecule has 0 aliphatic carbocycles. The van der Waals surface area contributed by atoms with E-state index in [1.54, 1.807) is 4.31 Å². The fourth-order valence-corrected chi connectivity index (χ4v) is 5.59. The van der Waals surface area contributed by atoms with Crippen molar-refractivity contribution in [3.05, 3.63) is 24.3 Å². The van der Waals surface area contributed by atoms with Crippen LogP contribution in [0.5, 0.6) is 0 Å². The number of nitrogens with zero attached hydrogens (tertiary/aromatic N) is 3. The van der Waals surface area contributed by atoms with Crippen LogP contribution in [0.1, 0.15) is 13.8 Å². The highest BCUT2D eigenvalue weighted by atomic mass is 32.2. The number of hydrogen-bond acceptors (Lipinski definition) is 5. The highest BCUT2D eigenvalue weighted by Gasteiger charge is 2.54. The van der Waals surface area contributed by atoms with Crippen LogP contribution in [0.15, 0.2) is 24.3 Å². The standard InChI is InChI=1S/C19H30N4O2S/c1-18-12-20-13-19(18,2)15-22(14-18)17-6-4-16(5-7-17)21-8-10-23(11-9-21)26(3,24)25/h4-7,20H,8-15H2,1-3H3/t18-,19+. The van der Waals surface area contributed by atoms with Gasteiger partial charge in [-0.25, -0.2) is 8.42 Å². The van der Waals surface area contributed by atoms with Crippen molar-refractivity contribution >= 4 is 21.4 Å². The maximum absolute atomic E-state index is 11.7. The van der Waals surface area contributed by atoms with Crippen LogP contribution >= 0.6 is 0 Å². The van der Waals surface area contributed by atoms with Gasteiger partial charge in [-0.15, -0.1) is 0 Å². The second-order valence-electron chi connectivity index (χ2n) is 8.75. The van der Waals surface area contributed by atoms with Crippen molar-refractivity contribution in [2.45, 2.75) is 13.8 Å². The van der Waals surface area contributed by atoms with Crippen molar-refractivity contribution in [3.63, 3.8) is 0 Å². The van der Waals surface area contributed by atoms with Crippen molar-refractivity contribution in [2.75, 3.05) is 68.4 Å². The summed E-state index contributed by atoms with van der Waals surface area (Å²) in [6.07, 6.45) is 1.29. The van der Waals surface area contributed by atoms with Gasteiger partial charge in [-0.2, -0.15) is 4.31 Å². The Morgan fingerprint density at radius 3 is 1.77 bits per heavy atom. The molecule has 2 atom stereocenters. The maximum Gasteiger partial charge on any atom is 0.211 e. The van der Waals surface area contributed by atoms with E-state index < -0.39 is 10.0 Å². The minimum Gasteiger partial charge on any atom is -0.370 e. The fourth-order valence-electron chi connectivity index (χ4n) is 4.77. The molecule has 3 fully saturated rings. The van der Waals surface area contributed by atoms with Gasteiger partial charge in [-0.05, 0) is 24.3 Å². The first-order valence-electron chi connectivity index (χ1n) is 9.46. The summed E-state index contributed by atoms with van der Waals surface area (Å²) in [6.45, 7) is 11.8. The van der Waals surface area contributed by atoms with Crippen LogP contribution in [-0.2, 0) is 10.0 Å². The minimum absolute atomic E-state index is 0.341. The molecular formula is C19H30N4O2S. The summed E-state index contributed by atoms with van der Waals surface area (Å²) in [5.74, 6) is 0. The molecule has 1 N–H and O–H groups in total. The van der Waals surface area contributed by atoms with E-state index in [1.165, 1.54) is 17.6 Å². The van der Waals surface area contributed by atoms with Gasteiger partial charge in [0.05, 0.1) is 6.26 Å². The van der Waals surface area contributed by atoms with Crippen LogP contribution in [0.4, 0.5) is 11.4 Å². The van der Waals surface area contributed by atoms with Crippen molar-refractivity contribution in [3.8, 4) is 0 Å². The number of hydrogen-bond donors (Lipinski definition) is 1. The molecule has 3 aliphatic heterocycles. The molecule has 1 aromatic rings. The Balaban J connectivity index is 1.42. The van der Waals surface area contributed by atoms with Crippen molar-refractivity contribution < 1.29 is 8.42 Å². The van der Waals surface area contributed by atoms with Crippen LogP contribution < -0.4 is 15.1 Å². The van der Waals surface area contributed by atoms with Gasteiger partial charge in [0.15, 0.2) is 0 Å². The molecule has 3 aliphatic rings. The molecule has 6 nitrogen and oxygen atoms in total. The number of benzene rings is 1. The Morgan fingerprint density at radius 1 is 0.846 bits per heavy atom.